The summed E-state index contributed by atoms with van der Waals surface area (Å²) in [6, 6.07) is 1.75. The molecule has 1 aromatic heterocycles. The maximum absolute atomic E-state index is 11.9. The predicted octanol–water partition coefficient (Wildman–Crippen LogP) is 1.37. The third-order valence-electron chi connectivity index (χ3n) is 3.44. The van der Waals surface area contributed by atoms with Gasteiger partial charge in [0.25, 0.3) is 0 Å². The third kappa shape index (κ3) is 3.80. The van der Waals surface area contributed by atoms with Gasteiger partial charge in [-0.3, -0.25) is 15.0 Å². The van der Waals surface area contributed by atoms with Crippen LogP contribution in [0.5, 0.6) is 0 Å². The Labute approximate surface area is 119 Å². The molecule has 1 aromatic rings. The zero-order valence-electron chi connectivity index (χ0n) is 12.6. The molecular weight excluding hydrogens is 258 g/mol. The van der Waals surface area contributed by atoms with Crippen molar-refractivity contribution in [2.24, 2.45) is 0 Å². The topological polar surface area (TPSA) is 78.6 Å². The lowest BCUT2D eigenvalue weighted by atomic mass is 9.92. The summed E-state index contributed by atoms with van der Waals surface area (Å²) in [5.41, 5.74) is 0.00314. The number of β-amino-alcohol motifs (C(OH)–C–C–N with tert-alkyl or cyclic N) is 1. The molecule has 0 bridgehead atoms. The summed E-state index contributed by atoms with van der Waals surface area (Å²) in [7, 11) is 0. The standard InChI is InChI=1S/C14H23N3O3/c1-13(2,3)10-7-12(20-16-10)15-11(18)8-17-6-5-14(4,19)9-17/h7,19H,5-6,8-9H2,1-4H3,(H,15,18). The van der Waals surface area contributed by atoms with E-state index in [-0.39, 0.29) is 17.9 Å². The van der Waals surface area contributed by atoms with E-state index in [1.807, 2.05) is 25.7 Å². The van der Waals surface area contributed by atoms with Gasteiger partial charge >= 0.3 is 0 Å². The number of hydrogen-bond acceptors (Lipinski definition) is 5. The van der Waals surface area contributed by atoms with Gasteiger partial charge in [-0.2, -0.15) is 0 Å². The van der Waals surface area contributed by atoms with Crippen molar-refractivity contribution in [2.45, 2.75) is 45.1 Å². The number of likely N-dealkylation sites (tertiary alicyclic amines) is 1. The Balaban J connectivity index is 1.88. The van der Waals surface area contributed by atoms with Crippen LogP contribution in [0, 0.1) is 0 Å². The summed E-state index contributed by atoms with van der Waals surface area (Å²) in [5.74, 6) is 0.213. The van der Waals surface area contributed by atoms with E-state index in [2.05, 4.69) is 10.5 Å². The average molecular weight is 281 g/mol. The normalized spacial score (nSPS) is 24.1. The van der Waals surface area contributed by atoms with E-state index in [9.17, 15) is 9.90 Å². The Bertz CT molecular complexity index is 488. The maximum atomic E-state index is 11.9. The second kappa shape index (κ2) is 5.18. The van der Waals surface area contributed by atoms with Gasteiger partial charge in [0.2, 0.25) is 11.8 Å². The number of carbonyl (C=O) groups is 1. The molecule has 0 saturated carbocycles. The fourth-order valence-electron chi connectivity index (χ4n) is 2.24. The number of rotatable bonds is 3. The van der Waals surface area contributed by atoms with E-state index < -0.39 is 5.60 Å². The lowest BCUT2D eigenvalue weighted by Gasteiger charge is -2.17. The van der Waals surface area contributed by atoms with Crippen LogP contribution in [0.2, 0.25) is 0 Å². The molecule has 6 heteroatoms. The van der Waals surface area contributed by atoms with Crippen LogP contribution in [0.3, 0.4) is 0 Å². The SMILES string of the molecule is CC1(O)CCN(CC(=O)Nc2cc(C(C)(C)C)no2)C1. The van der Waals surface area contributed by atoms with Crippen LogP contribution in [-0.4, -0.2) is 46.3 Å². The number of nitrogens with one attached hydrogen (secondary N) is 1. The van der Waals surface area contributed by atoms with E-state index in [4.69, 9.17) is 4.52 Å². The molecule has 1 saturated heterocycles. The van der Waals surface area contributed by atoms with Gasteiger partial charge in [0.1, 0.15) is 0 Å². The van der Waals surface area contributed by atoms with Crippen LogP contribution in [0.4, 0.5) is 5.88 Å². The molecule has 1 amide bonds. The van der Waals surface area contributed by atoms with Crippen molar-refractivity contribution in [1.82, 2.24) is 10.1 Å². The van der Waals surface area contributed by atoms with Crippen molar-refractivity contribution in [3.8, 4) is 0 Å². The molecule has 1 aliphatic heterocycles. The molecule has 2 rings (SSSR count). The molecule has 20 heavy (non-hydrogen) atoms. The number of hydrogen-bond donors (Lipinski definition) is 2. The van der Waals surface area contributed by atoms with Gasteiger partial charge in [0, 0.05) is 24.6 Å². The molecule has 1 unspecified atom stereocenters. The highest BCUT2D eigenvalue weighted by Gasteiger charge is 2.32. The van der Waals surface area contributed by atoms with Crippen molar-refractivity contribution in [3.05, 3.63) is 11.8 Å². The highest BCUT2D eigenvalue weighted by Crippen LogP contribution is 2.24. The van der Waals surface area contributed by atoms with Gasteiger partial charge in [-0.25, -0.2) is 0 Å². The second-order valence-corrected chi connectivity index (χ2v) is 6.83. The second-order valence-electron chi connectivity index (χ2n) is 6.83. The minimum atomic E-state index is -0.689. The summed E-state index contributed by atoms with van der Waals surface area (Å²) in [6.45, 7) is 9.38. The molecule has 0 aliphatic carbocycles. The molecule has 0 spiro atoms. The van der Waals surface area contributed by atoms with Gasteiger partial charge in [0.05, 0.1) is 17.8 Å². The molecule has 0 aromatic carbocycles. The first-order valence-electron chi connectivity index (χ1n) is 6.87. The molecule has 1 atom stereocenters. The summed E-state index contributed by atoms with van der Waals surface area (Å²) < 4.78 is 5.12. The molecular formula is C14H23N3O3. The first-order valence-corrected chi connectivity index (χ1v) is 6.87. The van der Waals surface area contributed by atoms with Crippen molar-refractivity contribution in [2.75, 3.05) is 25.0 Å². The van der Waals surface area contributed by atoms with Crippen molar-refractivity contribution in [3.63, 3.8) is 0 Å². The molecule has 112 valence electrons. The van der Waals surface area contributed by atoms with Gasteiger partial charge in [-0.15, -0.1) is 0 Å². The Morgan fingerprint density at radius 2 is 2.30 bits per heavy atom. The Hall–Kier alpha value is -1.40. The maximum Gasteiger partial charge on any atom is 0.240 e. The van der Waals surface area contributed by atoms with E-state index in [0.29, 0.717) is 18.8 Å². The summed E-state index contributed by atoms with van der Waals surface area (Å²) in [6.07, 6.45) is 0.691. The van der Waals surface area contributed by atoms with E-state index in [1.165, 1.54) is 0 Å². The van der Waals surface area contributed by atoms with Crippen molar-refractivity contribution in [1.29, 1.82) is 0 Å². The Morgan fingerprint density at radius 3 is 2.80 bits per heavy atom. The Morgan fingerprint density at radius 1 is 1.60 bits per heavy atom. The van der Waals surface area contributed by atoms with Crippen LogP contribution < -0.4 is 5.32 Å². The van der Waals surface area contributed by atoms with Crippen LogP contribution in [-0.2, 0) is 10.2 Å². The highest BCUT2D eigenvalue weighted by molar-refractivity contribution is 5.91. The largest absolute Gasteiger partial charge is 0.389 e. The van der Waals surface area contributed by atoms with Crippen LogP contribution in [0.1, 0.15) is 39.8 Å². The van der Waals surface area contributed by atoms with Crippen LogP contribution in [0.15, 0.2) is 10.6 Å². The van der Waals surface area contributed by atoms with Crippen molar-refractivity contribution >= 4 is 11.8 Å². The van der Waals surface area contributed by atoms with Crippen LogP contribution >= 0.6 is 0 Å². The number of amides is 1. The first kappa shape index (κ1) is 15.0. The minimum Gasteiger partial charge on any atom is -0.389 e. The zero-order valence-corrected chi connectivity index (χ0v) is 12.6. The van der Waals surface area contributed by atoms with Gasteiger partial charge in [-0.05, 0) is 13.3 Å². The highest BCUT2D eigenvalue weighted by atomic mass is 16.5. The van der Waals surface area contributed by atoms with Gasteiger partial charge in [0.15, 0.2) is 0 Å². The molecule has 0 radical (unpaired) electrons. The Kier molecular flexibility index (Phi) is 3.88. The van der Waals surface area contributed by atoms with Crippen LogP contribution in [0.25, 0.3) is 0 Å². The average Bonchev–Trinajstić information content (AvgIpc) is 2.84. The molecule has 6 nitrogen and oxygen atoms in total. The number of aromatic nitrogens is 1. The predicted molar refractivity (Wildman–Crippen MR) is 75.5 cm³/mol. The number of nitrogens with zero attached hydrogens (tertiary/aromatic N) is 2. The molecule has 1 aliphatic rings. The smallest absolute Gasteiger partial charge is 0.240 e. The van der Waals surface area contributed by atoms with E-state index in [0.717, 1.165) is 12.2 Å². The first-order chi connectivity index (χ1) is 9.16. The zero-order chi connectivity index (χ0) is 15.0. The molecule has 1 fully saturated rings. The summed E-state index contributed by atoms with van der Waals surface area (Å²) in [5, 5.41) is 16.5. The fourth-order valence-corrected chi connectivity index (χ4v) is 2.24. The fraction of sp³-hybridized carbons (Fsp3) is 0.714. The summed E-state index contributed by atoms with van der Waals surface area (Å²) in [4.78, 5) is 13.8. The number of carbonyl (C=O) groups excluding carboxylic acids is 1. The number of anilines is 1. The van der Waals surface area contributed by atoms with Crippen molar-refractivity contribution < 1.29 is 14.4 Å². The third-order valence-corrected chi connectivity index (χ3v) is 3.44. The monoisotopic (exact) mass is 281 g/mol. The van der Waals surface area contributed by atoms with E-state index >= 15 is 0 Å². The number of aliphatic hydroxyl groups is 1. The van der Waals surface area contributed by atoms with Gasteiger partial charge < -0.3 is 9.63 Å². The molecule has 2 heterocycles. The lowest BCUT2D eigenvalue weighted by Crippen LogP contribution is -2.35. The van der Waals surface area contributed by atoms with E-state index in [1.54, 1.807) is 13.0 Å². The summed E-state index contributed by atoms with van der Waals surface area (Å²) >= 11 is 0. The minimum absolute atomic E-state index is 0.111. The lowest BCUT2D eigenvalue weighted by molar-refractivity contribution is -0.117. The molecule has 2 N–H and O–H groups in total. The quantitative estimate of drug-likeness (QED) is 0.875. The van der Waals surface area contributed by atoms with Gasteiger partial charge in [-0.1, -0.05) is 25.9 Å².